The van der Waals surface area contributed by atoms with Gasteiger partial charge in [0.2, 0.25) is 0 Å². The van der Waals surface area contributed by atoms with E-state index in [0.29, 0.717) is 19.3 Å². The molecule has 0 fully saturated rings. The Morgan fingerprint density at radius 1 is 0.328 bits per heavy atom. The molecule has 0 N–H and O–H groups in total. The molecule has 0 amide bonds. The predicted molar refractivity (Wildman–Crippen MR) is 247 cm³/mol. The van der Waals surface area contributed by atoms with Gasteiger partial charge in [0, 0.05) is 19.3 Å². The maximum atomic E-state index is 12.8. The molecule has 0 aromatic heterocycles. The van der Waals surface area contributed by atoms with Crippen LogP contribution in [0.2, 0.25) is 0 Å². The molecule has 58 heavy (non-hydrogen) atoms. The Hall–Kier alpha value is -1.85. The molecular formula is C52H98O6. The summed E-state index contributed by atoms with van der Waals surface area (Å²) >= 11 is 0. The number of esters is 3. The van der Waals surface area contributed by atoms with Crippen molar-refractivity contribution in [1.82, 2.24) is 0 Å². The van der Waals surface area contributed by atoms with Crippen molar-refractivity contribution in [3.05, 3.63) is 12.2 Å². The lowest BCUT2D eigenvalue weighted by Crippen LogP contribution is -2.30. The van der Waals surface area contributed by atoms with Gasteiger partial charge in [-0.25, -0.2) is 0 Å². The van der Waals surface area contributed by atoms with Crippen molar-refractivity contribution < 1.29 is 28.6 Å². The smallest absolute Gasteiger partial charge is 0.306 e. The van der Waals surface area contributed by atoms with Crippen LogP contribution in [0.4, 0.5) is 0 Å². The maximum Gasteiger partial charge on any atom is 0.306 e. The number of carbonyl (C=O) groups is 3. The maximum absolute atomic E-state index is 12.8. The highest BCUT2D eigenvalue weighted by atomic mass is 16.6. The predicted octanol–water partition coefficient (Wildman–Crippen LogP) is 16.6. The van der Waals surface area contributed by atoms with E-state index in [9.17, 15) is 14.4 Å². The molecule has 1 unspecified atom stereocenters. The van der Waals surface area contributed by atoms with Gasteiger partial charge in [-0.3, -0.25) is 14.4 Å². The van der Waals surface area contributed by atoms with Crippen molar-refractivity contribution in [2.75, 3.05) is 13.2 Å². The molecule has 0 aromatic carbocycles. The average molecular weight is 819 g/mol. The number of carbonyl (C=O) groups excluding carboxylic acids is 3. The van der Waals surface area contributed by atoms with E-state index in [-0.39, 0.29) is 31.1 Å². The van der Waals surface area contributed by atoms with E-state index >= 15 is 0 Å². The first-order valence-corrected chi connectivity index (χ1v) is 25.7. The molecule has 0 saturated carbocycles. The number of unbranched alkanes of at least 4 members (excludes halogenated alkanes) is 34. The Labute approximate surface area is 360 Å². The van der Waals surface area contributed by atoms with Crippen LogP contribution in [-0.4, -0.2) is 37.2 Å². The van der Waals surface area contributed by atoms with Gasteiger partial charge in [0.1, 0.15) is 13.2 Å². The highest BCUT2D eigenvalue weighted by molar-refractivity contribution is 5.71. The standard InChI is InChI=1S/C52H98O6/c1-4-7-10-13-16-19-22-25-26-28-31-34-37-40-43-46-52(55)58-49(47-56-50(53)44-41-38-35-32-29-24-21-18-15-12-9-6-3)48-57-51(54)45-42-39-36-33-30-27-23-20-17-14-11-8-5-2/h25-26,49H,4-24,27-48H2,1-3H3. The van der Waals surface area contributed by atoms with Crippen molar-refractivity contribution in [1.29, 1.82) is 0 Å². The van der Waals surface area contributed by atoms with Crippen LogP contribution in [0.5, 0.6) is 0 Å². The summed E-state index contributed by atoms with van der Waals surface area (Å²) in [5, 5.41) is 0. The van der Waals surface area contributed by atoms with Gasteiger partial charge < -0.3 is 14.2 Å². The van der Waals surface area contributed by atoms with Gasteiger partial charge in [-0.05, 0) is 44.9 Å². The molecule has 6 nitrogen and oxygen atoms in total. The number of allylic oxidation sites excluding steroid dienone is 2. The fraction of sp³-hybridized carbons (Fsp3) is 0.904. The van der Waals surface area contributed by atoms with Gasteiger partial charge in [-0.1, -0.05) is 232 Å². The van der Waals surface area contributed by atoms with E-state index < -0.39 is 6.10 Å². The van der Waals surface area contributed by atoms with Crippen LogP contribution in [0.15, 0.2) is 12.2 Å². The minimum absolute atomic E-state index is 0.0682. The third kappa shape index (κ3) is 45.2. The molecule has 0 aliphatic carbocycles. The Kier molecular flexibility index (Phi) is 46.3. The summed E-state index contributed by atoms with van der Waals surface area (Å²) in [6.45, 7) is 6.65. The molecule has 0 aliphatic heterocycles. The van der Waals surface area contributed by atoms with Crippen molar-refractivity contribution in [3.63, 3.8) is 0 Å². The molecule has 0 radical (unpaired) electrons. The van der Waals surface area contributed by atoms with E-state index in [4.69, 9.17) is 14.2 Å². The minimum atomic E-state index is -0.767. The fourth-order valence-corrected chi connectivity index (χ4v) is 7.61. The SMILES string of the molecule is CCCCCCCCC=CCCCCCCCC(=O)OC(COC(=O)CCCCCCCCCCCCCC)COC(=O)CCCCCCCCCCCCCCC. The molecule has 0 aromatic rings. The van der Waals surface area contributed by atoms with Gasteiger partial charge >= 0.3 is 17.9 Å². The molecule has 0 rings (SSSR count). The van der Waals surface area contributed by atoms with Crippen LogP contribution >= 0.6 is 0 Å². The lowest BCUT2D eigenvalue weighted by molar-refractivity contribution is -0.167. The van der Waals surface area contributed by atoms with Crippen LogP contribution in [0.1, 0.15) is 284 Å². The summed E-state index contributed by atoms with van der Waals surface area (Å²) in [5.41, 5.74) is 0. The Morgan fingerprint density at radius 3 is 0.862 bits per heavy atom. The van der Waals surface area contributed by atoms with Crippen molar-refractivity contribution in [2.24, 2.45) is 0 Å². The molecule has 342 valence electrons. The minimum Gasteiger partial charge on any atom is -0.462 e. The molecule has 1 atom stereocenters. The third-order valence-corrected chi connectivity index (χ3v) is 11.5. The largest absolute Gasteiger partial charge is 0.462 e. The van der Waals surface area contributed by atoms with E-state index in [1.807, 2.05) is 0 Å². The zero-order valence-corrected chi connectivity index (χ0v) is 39.1. The number of rotatable bonds is 47. The third-order valence-electron chi connectivity index (χ3n) is 11.5. The zero-order valence-electron chi connectivity index (χ0n) is 39.1. The zero-order chi connectivity index (χ0) is 42.3. The second kappa shape index (κ2) is 47.8. The van der Waals surface area contributed by atoms with Gasteiger partial charge in [-0.2, -0.15) is 0 Å². The normalized spacial score (nSPS) is 12.0. The monoisotopic (exact) mass is 819 g/mol. The summed E-state index contributed by atoms with van der Waals surface area (Å²) < 4.78 is 16.8. The summed E-state index contributed by atoms with van der Waals surface area (Å²) in [7, 11) is 0. The number of hydrogen-bond donors (Lipinski definition) is 0. The van der Waals surface area contributed by atoms with Crippen molar-refractivity contribution in [3.8, 4) is 0 Å². The molecule has 0 heterocycles. The van der Waals surface area contributed by atoms with Crippen LogP contribution in [0.25, 0.3) is 0 Å². The molecule has 0 bridgehead atoms. The average Bonchev–Trinajstić information content (AvgIpc) is 3.22. The fourth-order valence-electron chi connectivity index (χ4n) is 7.61. The molecule has 0 aliphatic rings. The Morgan fingerprint density at radius 2 is 0.569 bits per heavy atom. The van der Waals surface area contributed by atoms with Gasteiger partial charge in [0.15, 0.2) is 6.10 Å². The van der Waals surface area contributed by atoms with Crippen LogP contribution in [-0.2, 0) is 28.6 Å². The van der Waals surface area contributed by atoms with Crippen LogP contribution in [0, 0.1) is 0 Å². The second-order valence-electron chi connectivity index (χ2n) is 17.4. The van der Waals surface area contributed by atoms with Gasteiger partial charge in [-0.15, -0.1) is 0 Å². The number of ether oxygens (including phenoxy) is 3. The molecule has 0 spiro atoms. The lowest BCUT2D eigenvalue weighted by Gasteiger charge is -2.18. The van der Waals surface area contributed by atoms with Crippen LogP contribution < -0.4 is 0 Å². The summed E-state index contributed by atoms with van der Waals surface area (Å²) in [6.07, 6.45) is 51.9. The summed E-state index contributed by atoms with van der Waals surface area (Å²) in [5.74, 6) is -0.861. The lowest BCUT2D eigenvalue weighted by atomic mass is 10.0. The first-order valence-electron chi connectivity index (χ1n) is 25.7. The van der Waals surface area contributed by atoms with E-state index in [2.05, 4.69) is 32.9 Å². The molecule has 0 saturated heterocycles. The highest BCUT2D eigenvalue weighted by Gasteiger charge is 2.19. The second-order valence-corrected chi connectivity index (χ2v) is 17.4. The van der Waals surface area contributed by atoms with Crippen LogP contribution in [0.3, 0.4) is 0 Å². The molecule has 6 heteroatoms. The summed E-state index contributed by atoms with van der Waals surface area (Å²) in [4.78, 5) is 37.9. The Bertz CT molecular complexity index is 900. The van der Waals surface area contributed by atoms with E-state index in [1.54, 1.807) is 0 Å². The molecular weight excluding hydrogens is 721 g/mol. The first kappa shape index (κ1) is 56.1. The topological polar surface area (TPSA) is 78.9 Å². The quantitative estimate of drug-likeness (QED) is 0.0263. The van der Waals surface area contributed by atoms with Crippen molar-refractivity contribution >= 4 is 17.9 Å². The number of hydrogen-bond acceptors (Lipinski definition) is 6. The van der Waals surface area contributed by atoms with Gasteiger partial charge in [0.25, 0.3) is 0 Å². The summed E-state index contributed by atoms with van der Waals surface area (Å²) in [6, 6.07) is 0. The van der Waals surface area contributed by atoms with E-state index in [0.717, 1.165) is 64.2 Å². The Balaban J connectivity index is 4.34. The first-order chi connectivity index (χ1) is 28.5. The van der Waals surface area contributed by atoms with E-state index in [1.165, 1.54) is 180 Å². The highest BCUT2D eigenvalue weighted by Crippen LogP contribution is 2.16. The van der Waals surface area contributed by atoms with Crippen molar-refractivity contribution in [2.45, 2.75) is 290 Å². The van der Waals surface area contributed by atoms with Gasteiger partial charge in [0.05, 0.1) is 0 Å².